The first-order chi connectivity index (χ1) is 8.48. The van der Waals surface area contributed by atoms with Crippen LogP contribution >= 0.6 is 0 Å². The lowest BCUT2D eigenvalue weighted by molar-refractivity contribution is -0.384. The van der Waals surface area contributed by atoms with Crippen LogP contribution in [0.4, 0.5) is 11.5 Å². The molecule has 0 aliphatic carbocycles. The highest BCUT2D eigenvalue weighted by Gasteiger charge is 2.32. The third kappa shape index (κ3) is 2.93. The van der Waals surface area contributed by atoms with E-state index in [-0.39, 0.29) is 17.6 Å². The first-order valence-corrected chi connectivity index (χ1v) is 5.63. The van der Waals surface area contributed by atoms with Crippen LogP contribution in [0.25, 0.3) is 0 Å². The van der Waals surface area contributed by atoms with Gasteiger partial charge in [-0.3, -0.25) is 10.1 Å². The highest BCUT2D eigenvalue weighted by Crippen LogP contribution is 2.24. The molecule has 1 aromatic heterocycles. The maximum Gasteiger partial charge on any atom is 0.311 e. The minimum Gasteiger partial charge on any atom is -0.362 e. The molecule has 0 saturated carbocycles. The van der Waals surface area contributed by atoms with Crippen molar-refractivity contribution in [3.63, 3.8) is 0 Å². The van der Waals surface area contributed by atoms with Crippen molar-refractivity contribution in [2.75, 3.05) is 18.5 Å². The highest BCUT2D eigenvalue weighted by atomic mass is 16.7. The van der Waals surface area contributed by atoms with E-state index >= 15 is 0 Å². The second-order valence-electron chi connectivity index (χ2n) is 4.46. The summed E-state index contributed by atoms with van der Waals surface area (Å²) in [5, 5.41) is 13.7. The van der Waals surface area contributed by atoms with Gasteiger partial charge in [0.1, 0.15) is 6.10 Å². The van der Waals surface area contributed by atoms with Gasteiger partial charge in [0.15, 0.2) is 5.79 Å². The van der Waals surface area contributed by atoms with E-state index in [0.717, 1.165) is 0 Å². The Balaban J connectivity index is 1.97. The number of hydrogen-bond acceptors (Lipinski definition) is 6. The molecule has 1 atom stereocenters. The highest BCUT2D eigenvalue weighted by molar-refractivity contribution is 5.55. The lowest BCUT2D eigenvalue weighted by Gasteiger charge is -2.17. The minimum atomic E-state index is -0.595. The van der Waals surface area contributed by atoms with Gasteiger partial charge in [0.2, 0.25) is 5.82 Å². The fourth-order valence-corrected chi connectivity index (χ4v) is 1.75. The molecule has 1 N–H and O–H groups in total. The molecule has 1 unspecified atom stereocenters. The van der Waals surface area contributed by atoms with Gasteiger partial charge in [-0.05, 0) is 19.9 Å². The van der Waals surface area contributed by atoms with Crippen molar-refractivity contribution in [2.24, 2.45) is 0 Å². The molecule has 1 aliphatic heterocycles. The van der Waals surface area contributed by atoms with Crippen LogP contribution in [0.3, 0.4) is 0 Å². The Morgan fingerprint density at radius 3 is 3.06 bits per heavy atom. The summed E-state index contributed by atoms with van der Waals surface area (Å²) in [5.41, 5.74) is -0.0457. The Hall–Kier alpha value is -1.73. The minimum absolute atomic E-state index is 0.0457. The van der Waals surface area contributed by atoms with Crippen molar-refractivity contribution >= 4 is 11.5 Å². The average Bonchev–Trinajstić information content (AvgIpc) is 2.66. The molecule has 98 valence electrons. The standard InChI is InChI=1S/C11H15N3O4/c1-11(2)17-7-8(18-11)6-13-10-9(14(15)16)4-3-5-12-10/h3-5,8H,6-7H2,1-2H3,(H,12,13). The van der Waals surface area contributed by atoms with E-state index in [1.165, 1.54) is 18.3 Å². The molecule has 7 nitrogen and oxygen atoms in total. The molecule has 0 amide bonds. The van der Waals surface area contributed by atoms with Gasteiger partial charge in [-0.15, -0.1) is 0 Å². The van der Waals surface area contributed by atoms with Gasteiger partial charge in [-0.1, -0.05) is 0 Å². The summed E-state index contributed by atoms with van der Waals surface area (Å²) >= 11 is 0. The van der Waals surface area contributed by atoms with E-state index in [2.05, 4.69) is 10.3 Å². The quantitative estimate of drug-likeness (QED) is 0.647. The van der Waals surface area contributed by atoms with E-state index in [0.29, 0.717) is 13.2 Å². The number of anilines is 1. The van der Waals surface area contributed by atoms with Gasteiger partial charge in [0, 0.05) is 18.8 Å². The largest absolute Gasteiger partial charge is 0.362 e. The second-order valence-corrected chi connectivity index (χ2v) is 4.46. The predicted molar refractivity (Wildman–Crippen MR) is 64.3 cm³/mol. The Labute approximate surface area is 104 Å². The van der Waals surface area contributed by atoms with E-state index < -0.39 is 10.7 Å². The Morgan fingerprint density at radius 1 is 1.67 bits per heavy atom. The summed E-state index contributed by atoms with van der Waals surface area (Å²) in [5.74, 6) is -0.349. The molecule has 1 saturated heterocycles. The van der Waals surface area contributed by atoms with Gasteiger partial charge in [-0.2, -0.15) is 0 Å². The van der Waals surface area contributed by atoms with Gasteiger partial charge in [0.25, 0.3) is 0 Å². The summed E-state index contributed by atoms with van der Waals surface area (Å²) in [7, 11) is 0. The Kier molecular flexibility index (Phi) is 3.44. The van der Waals surface area contributed by atoms with Crippen LogP contribution in [0.2, 0.25) is 0 Å². The van der Waals surface area contributed by atoms with Crippen LogP contribution in [-0.2, 0) is 9.47 Å². The van der Waals surface area contributed by atoms with Crippen LogP contribution in [0, 0.1) is 10.1 Å². The molecule has 0 bridgehead atoms. The Morgan fingerprint density at radius 2 is 2.44 bits per heavy atom. The average molecular weight is 253 g/mol. The van der Waals surface area contributed by atoms with Crippen LogP contribution in [0.15, 0.2) is 18.3 Å². The zero-order valence-corrected chi connectivity index (χ0v) is 10.3. The first-order valence-electron chi connectivity index (χ1n) is 5.63. The zero-order chi connectivity index (χ0) is 13.2. The van der Waals surface area contributed by atoms with Crippen LogP contribution in [0.1, 0.15) is 13.8 Å². The van der Waals surface area contributed by atoms with Crippen molar-refractivity contribution in [1.29, 1.82) is 0 Å². The molecular weight excluding hydrogens is 238 g/mol. The normalized spacial score (nSPS) is 21.8. The summed E-state index contributed by atoms with van der Waals surface area (Å²) < 4.78 is 11.0. The van der Waals surface area contributed by atoms with Gasteiger partial charge in [0.05, 0.1) is 11.5 Å². The number of hydrogen-bond donors (Lipinski definition) is 1. The molecular formula is C11H15N3O4. The van der Waals surface area contributed by atoms with E-state index in [9.17, 15) is 10.1 Å². The predicted octanol–water partition coefficient (Wildman–Crippen LogP) is 1.55. The van der Waals surface area contributed by atoms with Crippen molar-refractivity contribution in [2.45, 2.75) is 25.7 Å². The number of aromatic nitrogens is 1. The fraction of sp³-hybridized carbons (Fsp3) is 0.545. The molecule has 0 radical (unpaired) electrons. The van der Waals surface area contributed by atoms with Gasteiger partial charge in [-0.25, -0.2) is 4.98 Å². The molecule has 0 spiro atoms. The molecule has 1 aliphatic rings. The van der Waals surface area contributed by atoms with Crippen molar-refractivity contribution < 1.29 is 14.4 Å². The topological polar surface area (TPSA) is 86.5 Å². The number of rotatable bonds is 4. The summed E-state index contributed by atoms with van der Waals surface area (Å²) in [6.07, 6.45) is 1.37. The maximum atomic E-state index is 10.8. The smallest absolute Gasteiger partial charge is 0.311 e. The molecule has 18 heavy (non-hydrogen) atoms. The number of nitro groups is 1. The first kappa shape index (κ1) is 12.7. The Bertz CT molecular complexity index is 450. The number of pyridine rings is 1. The third-order valence-corrected chi connectivity index (χ3v) is 2.55. The second kappa shape index (κ2) is 4.87. The van der Waals surface area contributed by atoms with E-state index in [1.807, 2.05) is 13.8 Å². The molecule has 0 aromatic carbocycles. The summed E-state index contributed by atoms with van der Waals surface area (Å²) in [6.45, 7) is 4.54. The number of ether oxygens (including phenoxy) is 2. The maximum absolute atomic E-state index is 10.8. The van der Waals surface area contributed by atoms with Crippen molar-refractivity contribution in [1.82, 2.24) is 4.98 Å². The van der Waals surface area contributed by atoms with Crippen LogP contribution in [-0.4, -0.2) is 35.0 Å². The molecule has 2 rings (SSSR count). The fourth-order valence-electron chi connectivity index (χ4n) is 1.75. The summed E-state index contributed by atoms with van der Waals surface area (Å²) in [4.78, 5) is 14.3. The van der Waals surface area contributed by atoms with Crippen molar-refractivity contribution in [3.05, 3.63) is 28.4 Å². The number of nitrogens with one attached hydrogen (secondary N) is 1. The van der Waals surface area contributed by atoms with Gasteiger partial charge < -0.3 is 14.8 Å². The van der Waals surface area contributed by atoms with E-state index in [4.69, 9.17) is 9.47 Å². The van der Waals surface area contributed by atoms with Crippen LogP contribution < -0.4 is 5.32 Å². The van der Waals surface area contributed by atoms with Gasteiger partial charge >= 0.3 is 5.69 Å². The lowest BCUT2D eigenvalue weighted by Crippen LogP contribution is -2.26. The monoisotopic (exact) mass is 253 g/mol. The number of nitrogens with zero attached hydrogens (tertiary/aromatic N) is 2. The SMILES string of the molecule is CC1(C)OCC(CNc2ncccc2[N+](=O)[O-])O1. The summed E-state index contributed by atoms with van der Waals surface area (Å²) in [6, 6.07) is 2.94. The molecule has 7 heteroatoms. The molecule has 1 fully saturated rings. The molecule has 1 aromatic rings. The van der Waals surface area contributed by atoms with E-state index in [1.54, 1.807) is 0 Å². The molecule has 2 heterocycles. The van der Waals surface area contributed by atoms with Crippen molar-refractivity contribution in [3.8, 4) is 0 Å². The lowest BCUT2D eigenvalue weighted by atomic mass is 10.3. The van der Waals surface area contributed by atoms with Crippen LogP contribution in [0.5, 0.6) is 0 Å². The zero-order valence-electron chi connectivity index (χ0n) is 10.3. The third-order valence-electron chi connectivity index (χ3n) is 2.55.